The van der Waals surface area contributed by atoms with Crippen molar-refractivity contribution < 1.29 is 21.9 Å². The highest BCUT2D eigenvalue weighted by Crippen LogP contribution is 2.42. The molecule has 80 heavy (non-hydrogen) atoms. The van der Waals surface area contributed by atoms with Crippen LogP contribution in [0.4, 0.5) is 34.9 Å². The van der Waals surface area contributed by atoms with Gasteiger partial charge in [0.25, 0.3) is 0 Å². The minimum absolute atomic E-state index is 0.0335. The molecular formula is C51H53ClN18O5S5. The Morgan fingerprint density at radius 3 is 1.62 bits per heavy atom. The number of halogens is 1. The first-order valence-electron chi connectivity index (χ1n) is 25.1. The predicted molar refractivity (Wildman–Crippen MR) is 311 cm³/mol. The average Bonchev–Trinajstić information content (AvgIpc) is 4.33. The van der Waals surface area contributed by atoms with Gasteiger partial charge in [-0.2, -0.15) is 15.3 Å². The fourth-order valence-electron chi connectivity index (χ4n) is 7.89. The number of rotatable bonds is 16. The Bertz CT molecular complexity index is 4030. The number of anilines is 6. The summed E-state index contributed by atoms with van der Waals surface area (Å²) in [7, 11) is -7.53. The van der Waals surface area contributed by atoms with Crippen molar-refractivity contribution in [3.8, 4) is 44.1 Å². The number of aliphatic hydroxyl groups excluding tert-OH is 1. The molecule has 0 atom stereocenters. The molecule has 0 bridgehead atoms. The number of aryl methyl sites for hydroxylation is 1. The number of hydrogen-bond acceptors (Lipinski definition) is 21. The molecule has 3 saturated carbocycles. The van der Waals surface area contributed by atoms with Crippen LogP contribution in [0, 0.1) is 18.8 Å². The Kier molecular flexibility index (Phi) is 16.6. The maximum Gasteiger partial charge on any atom is 0.247 e. The number of thiophene rings is 2. The standard InChI is InChI=1S/C17H19ClN6S.C17H16N6O3S2.C17H18N6O2S2/c1-8(2)14-9(3)20-17(25-14)16-19-7-11(18)15(22-16)21-13-6-12(23-24-13)10-4-5-10;18-28(25,26)15-6-5-13(27-15)17-19-9-11(2-1-7-24)16(21-17)20-14-8-12(22-23-14)10-3-4-10;1-2-3-11-9-19-17(13-6-7-15(26-13)27(18,24)25)21-16(11)20-14-8-12(22-23-14)10-4-5-10/h6-8,10H,4-5H2,1-3H3,(H2,19,21,22,23,24);5-6,8-10,24H,3-4,7H2,(H2,18,25,26)(H2,19,20,21,22,23);2-3,6-10H,4-5H2,1H3,(H2,18,24,25)(H2,19,20,21,22,23)/b;;3-2+. The number of H-pyrrole nitrogens is 3. The lowest BCUT2D eigenvalue weighted by Gasteiger charge is -2.07. The van der Waals surface area contributed by atoms with E-state index in [-0.39, 0.29) is 15.0 Å². The summed E-state index contributed by atoms with van der Waals surface area (Å²) in [5.74, 6) is 12.4. The second kappa shape index (κ2) is 23.8. The van der Waals surface area contributed by atoms with Crippen LogP contribution in [0.25, 0.3) is 38.3 Å². The highest BCUT2D eigenvalue weighted by molar-refractivity contribution is 7.91. The molecule has 0 aliphatic heterocycles. The molecule has 11 N–H and O–H groups in total. The molecule has 0 radical (unpaired) electrons. The number of aliphatic hydroxyl groups is 1. The van der Waals surface area contributed by atoms with Crippen molar-refractivity contribution in [2.24, 2.45) is 10.3 Å². The predicted octanol–water partition coefficient (Wildman–Crippen LogP) is 9.80. The molecule has 3 fully saturated rings. The molecule has 12 rings (SSSR count). The Hall–Kier alpha value is -7.33. The number of aromatic nitrogens is 13. The summed E-state index contributed by atoms with van der Waals surface area (Å²) in [6, 6.07) is 12.1. The SMILES string of the molecule is C/C=C/c1cnc(-c2ccc(S(N)(=O)=O)s2)nc1Nc1cc(C2CC2)[nH]n1.Cc1nc(-c2ncc(Cl)c(Nc3cc(C4CC4)[nH]n3)n2)sc1C(C)C.NS(=O)(=O)c1ccc(-c2ncc(C#CCO)c(Nc3cc(C4CC4)[nH]n3)n2)s1. The maximum absolute atomic E-state index is 11.5. The van der Waals surface area contributed by atoms with Gasteiger partial charge in [0.05, 0.1) is 27.2 Å². The first-order chi connectivity index (χ1) is 38.4. The minimum atomic E-state index is -3.79. The molecule has 0 spiro atoms. The van der Waals surface area contributed by atoms with E-state index in [4.69, 9.17) is 27.0 Å². The number of aromatic amines is 3. The van der Waals surface area contributed by atoms with Crippen molar-refractivity contribution in [3.63, 3.8) is 0 Å². The highest BCUT2D eigenvalue weighted by atomic mass is 35.5. The number of primary sulfonamides is 2. The minimum Gasteiger partial charge on any atom is -0.384 e. The summed E-state index contributed by atoms with van der Waals surface area (Å²) >= 11 is 9.91. The van der Waals surface area contributed by atoms with Crippen LogP contribution in [0.1, 0.15) is 122 Å². The van der Waals surface area contributed by atoms with Crippen molar-refractivity contribution >= 4 is 107 Å². The Morgan fingerprint density at radius 2 is 1.16 bits per heavy atom. The first kappa shape index (κ1) is 56.0. The first-order valence-corrected chi connectivity index (χ1v) is 31.0. The van der Waals surface area contributed by atoms with Crippen LogP contribution in [-0.4, -0.2) is 94.0 Å². The van der Waals surface area contributed by atoms with Gasteiger partial charge >= 0.3 is 0 Å². The van der Waals surface area contributed by atoms with Gasteiger partial charge in [-0.05, 0) is 82.6 Å². The molecule has 3 aliphatic carbocycles. The maximum atomic E-state index is 11.5. The van der Waals surface area contributed by atoms with Crippen molar-refractivity contribution in [3.05, 3.63) is 111 Å². The van der Waals surface area contributed by atoms with Crippen molar-refractivity contribution in [2.75, 3.05) is 22.6 Å². The molecular weight excluding hydrogens is 1140 g/mol. The van der Waals surface area contributed by atoms with Crippen LogP contribution in [0.2, 0.25) is 5.02 Å². The topological polar surface area (TPSA) is 353 Å². The van der Waals surface area contributed by atoms with Crippen LogP contribution in [-0.2, 0) is 20.0 Å². The summed E-state index contributed by atoms with van der Waals surface area (Å²) in [5.41, 5.74) is 5.66. The number of nitrogens with one attached hydrogen (secondary N) is 6. The Balaban J connectivity index is 0.000000135. The summed E-state index contributed by atoms with van der Waals surface area (Å²) in [5, 5.41) is 52.1. The molecule has 0 saturated heterocycles. The second-order valence-corrected chi connectivity index (χ2v) is 26.3. The zero-order valence-electron chi connectivity index (χ0n) is 43.3. The van der Waals surface area contributed by atoms with E-state index >= 15 is 0 Å². The lowest BCUT2D eigenvalue weighted by molar-refractivity contribution is 0.350. The van der Waals surface area contributed by atoms with Gasteiger partial charge in [0, 0.05) is 75.9 Å². The smallest absolute Gasteiger partial charge is 0.247 e. The Labute approximate surface area is 477 Å². The molecule has 9 aromatic heterocycles. The molecule has 23 nitrogen and oxygen atoms in total. The van der Waals surface area contributed by atoms with Crippen LogP contribution in [0.3, 0.4) is 0 Å². The van der Waals surface area contributed by atoms with Gasteiger partial charge in [0.15, 0.2) is 51.6 Å². The van der Waals surface area contributed by atoms with Gasteiger partial charge in [-0.25, -0.2) is 62.0 Å². The third-order valence-corrected chi connectivity index (χ3v) is 19.1. The number of allylic oxidation sites excluding steroid dienone is 1. The summed E-state index contributed by atoms with van der Waals surface area (Å²) < 4.78 is 46.1. The molecule has 29 heteroatoms. The average molecular weight is 1190 g/mol. The summed E-state index contributed by atoms with van der Waals surface area (Å²) in [6.07, 6.45) is 15.7. The number of nitrogens with two attached hydrogens (primary N) is 2. The Morgan fingerprint density at radius 1 is 0.688 bits per heavy atom. The zero-order chi connectivity index (χ0) is 56.3. The third kappa shape index (κ3) is 14.0. The molecule has 414 valence electrons. The van der Waals surface area contributed by atoms with Gasteiger partial charge in [-0.1, -0.05) is 49.4 Å². The largest absolute Gasteiger partial charge is 0.384 e. The van der Waals surface area contributed by atoms with Gasteiger partial charge in [0.2, 0.25) is 20.0 Å². The van der Waals surface area contributed by atoms with Crippen LogP contribution in [0.5, 0.6) is 0 Å². The van der Waals surface area contributed by atoms with Gasteiger partial charge in [-0.15, -0.1) is 34.0 Å². The van der Waals surface area contributed by atoms with Crippen molar-refractivity contribution in [1.29, 1.82) is 0 Å². The molecule has 0 aromatic carbocycles. The molecule has 3 aliphatic rings. The fraction of sp³-hybridized carbons (Fsp3) is 0.294. The van der Waals surface area contributed by atoms with E-state index in [0.717, 1.165) is 68.9 Å². The third-order valence-electron chi connectivity index (χ3n) is 12.3. The molecule has 9 heterocycles. The lowest BCUT2D eigenvalue weighted by Crippen LogP contribution is -2.09. The van der Waals surface area contributed by atoms with E-state index < -0.39 is 20.0 Å². The summed E-state index contributed by atoms with van der Waals surface area (Å²) in [4.78, 5) is 33.6. The van der Waals surface area contributed by atoms with E-state index in [1.54, 1.807) is 35.9 Å². The van der Waals surface area contributed by atoms with E-state index in [1.807, 2.05) is 44.2 Å². The number of hydrogen-bond donors (Lipinski definition) is 9. The second-order valence-electron chi connectivity index (χ2n) is 19.1. The number of nitrogens with zero attached hydrogens (tertiary/aromatic N) is 10. The normalized spacial score (nSPS) is 14.3. The van der Waals surface area contributed by atoms with E-state index in [2.05, 4.69) is 107 Å². The molecule has 9 aromatic rings. The highest BCUT2D eigenvalue weighted by Gasteiger charge is 2.28. The van der Waals surface area contributed by atoms with Crippen LogP contribution in [0.15, 0.2) is 75.5 Å². The monoisotopic (exact) mass is 1190 g/mol. The zero-order valence-corrected chi connectivity index (χ0v) is 48.2. The van der Waals surface area contributed by atoms with Gasteiger partial charge < -0.3 is 21.1 Å². The van der Waals surface area contributed by atoms with Gasteiger partial charge in [0.1, 0.15) is 25.9 Å². The lowest BCUT2D eigenvalue weighted by atomic mass is 10.1. The number of thiazole rings is 1. The van der Waals surface area contributed by atoms with Gasteiger partial charge in [-0.3, -0.25) is 15.3 Å². The quantitative estimate of drug-likeness (QED) is 0.0406. The van der Waals surface area contributed by atoms with Crippen LogP contribution < -0.4 is 26.2 Å². The molecule has 0 amide bonds. The summed E-state index contributed by atoms with van der Waals surface area (Å²) in [6.45, 7) is 7.96. The van der Waals surface area contributed by atoms with Crippen LogP contribution >= 0.6 is 45.6 Å². The van der Waals surface area contributed by atoms with E-state index in [9.17, 15) is 16.8 Å². The van der Waals surface area contributed by atoms with Crippen molar-refractivity contribution in [1.82, 2.24) is 65.5 Å². The molecule has 0 unspecified atom stereocenters. The van der Waals surface area contributed by atoms with Crippen molar-refractivity contribution in [2.45, 2.75) is 98.3 Å². The van der Waals surface area contributed by atoms with E-state index in [0.29, 0.717) is 96.4 Å². The fourth-order valence-corrected chi connectivity index (χ4v) is 12.4. The van der Waals surface area contributed by atoms with E-state index in [1.165, 1.54) is 48.9 Å². The number of sulfonamides is 2.